The maximum atomic E-state index is 12.6. The van der Waals surface area contributed by atoms with Crippen LogP contribution in [0.3, 0.4) is 0 Å². The molecule has 2 heterocycles. The van der Waals surface area contributed by atoms with Crippen LogP contribution in [0.5, 0.6) is 0 Å². The van der Waals surface area contributed by atoms with Gasteiger partial charge in [0.1, 0.15) is 5.69 Å². The lowest BCUT2D eigenvalue weighted by Crippen LogP contribution is -2.32. The first-order chi connectivity index (χ1) is 12.8. The lowest BCUT2D eigenvalue weighted by atomic mass is 10.1. The topological polar surface area (TPSA) is 94.2 Å². The SMILES string of the molecule is Cc1cc(C)c(S(=O)(=O)NCCn2nc(-c3ccco3)ccc2=O)cc1C. The van der Waals surface area contributed by atoms with Gasteiger partial charge in [-0.3, -0.25) is 4.79 Å². The van der Waals surface area contributed by atoms with Crippen LogP contribution < -0.4 is 10.3 Å². The zero-order valence-corrected chi connectivity index (χ0v) is 16.2. The maximum absolute atomic E-state index is 12.6. The molecule has 0 unspecified atom stereocenters. The van der Waals surface area contributed by atoms with Crippen molar-refractivity contribution >= 4 is 10.0 Å². The van der Waals surface area contributed by atoms with Crippen LogP contribution in [0.4, 0.5) is 0 Å². The van der Waals surface area contributed by atoms with Gasteiger partial charge in [0, 0.05) is 12.6 Å². The van der Waals surface area contributed by atoms with E-state index in [1.807, 2.05) is 19.9 Å². The first-order valence-corrected chi connectivity index (χ1v) is 9.96. The number of nitrogens with zero attached hydrogens (tertiary/aromatic N) is 2. The Morgan fingerprint density at radius 3 is 2.52 bits per heavy atom. The van der Waals surface area contributed by atoms with E-state index in [0.29, 0.717) is 17.0 Å². The second-order valence-corrected chi connectivity index (χ2v) is 8.09. The van der Waals surface area contributed by atoms with Crippen molar-refractivity contribution in [2.24, 2.45) is 0 Å². The van der Waals surface area contributed by atoms with Crippen LogP contribution >= 0.6 is 0 Å². The highest BCUT2D eigenvalue weighted by Gasteiger charge is 2.17. The minimum Gasteiger partial charge on any atom is -0.463 e. The van der Waals surface area contributed by atoms with Gasteiger partial charge in [-0.15, -0.1) is 0 Å². The zero-order valence-electron chi connectivity index (χ0n) is 15.4. The first kappa shape index (κ1) is 19.1. The summed E-state index contributed by atoms with van der Waals surface area (Å²) in [6.45, 7) is 5.73. The van der Waals surface area contributed by atoms with Crippen LogP contribution in [0.1, 0.15) is 16.7 Å². The van der Waals surface area contributed by atoms with Gasteiger partial charge in [0.25, 0.3) is 5.56 Å². The molecule has 3 rings (SSSR count). The average Bonchev–Trinajstić information content (AvgIpc) is 3.14. The fourth-order valence-electron chi connectivity index (χ4n) is 2.75. The Morgan fingerprint density at radius 2 is 1.81 bits per heavy atom. The van der Waals surface area contributed by atoms with Crippen LogP contribution in [0.2, 0.25) is 0 Å². The molecule has 0 saturated heterocycles. The maximum Gasteiger partial charge on any atom is 0.266 e. The quantitative estimate of drug-likeness (QED) is 0.701. The molecule has 1 aromatic carbocycles. The lowest BCUT2D eigenvalue weighted by molar-refractivity contribution is 0.539. The molecule has 0 fully saturated rings. The zero-order chi connectivity index (χ0) is 19.6. The standard InChI is InChI=1S/C19H21N3O4S/c1-13-11-15(3)18(12-14(13)2)27(24,25)20-8-9-22-19(23)7-6-16(21-22)17-5-4-10-26-17/h4-7,10-12,20H,8-9H2,1-3H3. The van der Waals surface area contributed by atoms with Gasteiger partial charge in [0.15, 0.2) is 5.76 Å². The Morgan fingerprint density at radius 1 is 1.07 bits per heavy atom. The van der Waals surface area contributed by atoms with Crippen LogP contribution in [0.15, 0.2) is 56.8 Å². The number of nitrogens with one attached hydrogen (secondary N) is 1. The summed E-state index contributed by atoms with van der Waals surface area (Å²) in [7, 11) is -3.68. The normalized spacial score (nSPS) is 11.7. The van der Waals surface area contributed by atoms with Crippen LogP contribution in [0.25, 0.3) is 11.5 Å². The summed E-state index contributed by atoms with van der Waals surface area (Å²) in [5.74, 6) is 0.537. The molecule has 0 aliphatic heterocycles. The molecule has 7 nitrogen and oxygen atoms in total. The Hall–Kier alpha value is -2.71. The van der Waals surface area contributed by atoms with Gasteiger partial charge in [0.05, 0.1) is 17.7 Å². The van der Waals surface area contributed by atoms with Gasteiger partial charge in [0.2, 0.25) is 10.0 Å². The number of aromatic nitrogens is 2. The highest BCUT2D eigenvalue weighted by Crippen LogP contribution is 2.20. The van der Waals surface area contributed by atoms with Gasteiger partial charge >= 0.3 is 0 Å². The summed E-state index contributed by atoms with van der Waals surface area (Å²) >= 11 is 0. The summed E-state index contributed by atoms with van der Waals surface area (Å²) < 4.78 is 34.3. The molecular weight excluding hydrogens is 366 g/mol. The summed E-state index contributed by atoms with van der Waals surface area (Å²) in [4.78, 5) is 12.2. The van der Waals surface area contributed by atoms with Gasteiger partial charge in [-0.25, -0.2) is 17.8 Å². The van der Waals surface area contributed by atoms with E-state index >= 15 is 0 Å². The monoisotopic (exact) mass is 387 g/mol. The molecule has 0 spiro atoms. The van der Waals surface area contributed by atoms with Crippen molar-refractivity contribution in [1.29, 1.82) is 0 Å². The van der Waals surface area contributed by atoms with Gasteiger partial charge in [-0.05, 0) is 61.7 Å². The molecule has 0 aliphatic carbocycles. The van der Waals surface area contributed by atoms with Crippen LogP contribution in [0, 0.1) is 20.8 Å². The van der Waals surface area contributed by atoms with E-state index in [0.717, 1.165) is 11.1 Å². The fourth-order valence-corrected chi connectivity index (χ4v) is 4.08. The van der Waals surface area contributed by atoms with Gasteiger partial charge in [-0.1, -0.05) is 6.07 Å². The number of sulfonamides is 1. The molecule has 2 aromatic heterocycles. The first-order valence-electron chi connectivity index (χ1n) is 8.47. The molecule has 0 amide bonds. The van der Waals surface area contributed by atoms with Crippen molar-refractivity contribution < 1.29 is 12.8 Å². The lowest BCUT2D eigenvalue weighted by Gasteiger charge is -2.12. The Kier molecular flexibility index (Phi) is 5.29. The Balaban J connectivity index is 1.75. The number of hydrogen-bond acceptors (Lipinski definition) is 5. The smallest absolute Gasteiger partial charge is 0.266 e. The molecule has 1 N–H and O–H groups in total. The summed E-state index contributed by atoms with van der Waals surface area (Å²) in [5, 5.41) is 4.23. The number of hydrogen-bond donors (Lipinski definition) is 1. The van der Waals surface area contributed by atoms with Gasteiger partial charge < -0.3 is 4.42 Å². The molecule has 8 heteroatoms. The second kappa shape index (κ2) is 7.50. The third-order valence-electron chi connectivity index (χ3n) is 4.34. The predicted octanol–water partition coefficient (Wildman–Crippen LogP) is 2.41. The van der Waals surface area contributed by atoms with E-state index in [1.165, 1.54) is 17.0 Å². The fraction of sp³-hybridized carbons (Fsp3) is 0.263. The molecule has 0 saturated carbocycles. The van der Waals surface area contributed by atoms with Crippen molar-refractivity contribution in [3.63, 3.8) is 0 Å². The van der Waals surface area contributed by atoms with Gasteiger partial charge in [-0.2, -0.15) is 5.10 Å². The van der Waals surface area contributed by atoms with E-state index in [9.17, 15) is 13.2 Å². The molecule has 0 atom stereocenters. The van der Waals surface area contributed by atoms with Crippen LogP contribution in [-0.4, -0.2) is 24.7 Å². The molecule has 0 radical (unpaired) electrons. The number of rotatable bonds is 6. The van der Waals surface area contributed by atoms with E-state index < -0.39 is 10.0 Å². The molecule has 0 aliphatic rings. The Bertz CT molecular complexity index is 1120. The number of furan rings is 1. The summed E-state index contributed by atoms with van der Waals surface area (Å²) in [5.41, 5.74) is 2.82. The Labute approximate surface area is 157 Å². The number of benzene rings is 1. The average molecular weight is 387 g/mol. The predicted molar refractivity (Wildman–Crippen MR) is 102 cm³/mol. The van der Waals surface area contributed by atoms with Crippen molar-refractivity contribution in [3.8, 4) is 11.5 Å². The van der Waals surface area contributed by atoms with Crippen molar-refractivity contribution in [2.45, 2.75) is 32.2 Å². The molecule has 27 heavy (non-hydrogen) atoms. The molecule has 3 aromatic rings. The molecular formula is C19H21N3O4S. The second-order valence-electron chi connectivity index (χ2n) is 6.36. The van der Waals surface area contributed by atoms with Crippen LogP contribution in [-0.2, 0) is 16.6 Å². The largest absolute Gasteiger partial charge is 0.463 e. The highest BCUT2D eigenvalue weighted by atomic mass is 32.2. The molecule has 0 bridgehead atoms. The van der Waals surface area contributed by atoms with E-state index in [-0.39, 0.29) is 23.5 Å². The minimum atomic E-state index is -3.68. The third-order valence-corrected chi connectivity index (χ3v) is 5.94. The van der Waals surface area contributed by atoms with Crippen molar-refractivity contribution in [3.05, 3.63) is 69.7 Å². The molecule has 142 valence electrons. The van der Waals surface area contributed by atoms with E-state index in [4.69, 9.17) is 4.42 Å². The third kappa shape index (κ3) is 4.17. The number of aryl methyl sites for hydroxylation is 3. The van der Waals surface area contributed by atoms with Crippen molar-refractivity contribution in [1.82, 2.24) is 14.5 Å². The van der Waals surface area contributed by atoms with Crippen molar-refractivity contribution in [2.75, 3.05) is 6.54 Å². The van der Waals surface area contributed by atoms with E-state index in [1.54, 1.807) is 31.2 Å². The summed E-state index contributed by atoms with van der Waals surface area (Å²) in [6.07, 6.45) is 1.52. The summed E-state index contributed by atoms with van der Waals surface area (Å²) in [6, 6.07) is 9.93. The highest BCUT2D eigenvalue weighted by molar-refractivity contribution is 7.89. The van der Waals surface area contributed by atoms with E-state index in [2.05, 4.69) is 9.82 Å². The minimum absolute atomic E-state index is 0.0449.